The summed E-state index contributed by atoms with van der Waals surface area (Å²) in [4.78, 5) is 14.0. The Morgan fingerprint density at radius 2 is 1.79 bits per heavy atom. The summed E-state index contributed by atoms with van der Waals surface area (Å²) in [6, 6.07) is 15.6. The third kappa shape index (κ3) is 3.66. The first kappa shape index (κ1) is 16.3. The molecule has 0 spiro atoms. The highest BCUT2D eigenvalue weighted by Crippen LogP contribution is 2.23. The van der Waals surface area contributed by atoms with Gasteiger partial charge >= 0.3 is 5.63 Å². The number of aryl methyl sites for hydroxylation is 1. The number of benzene rings is 2. The zero-order chi connectivity index (χ0) is 17.1. The largest absolute Gasteiger partial charge is 0.497 e. The highest BCUT2D eigenvalue weighted by atomic mass is 16.5. The average Bonchev–Trinajstić information content (AvgIpc) is 2.56. The quantitative estimate of drug-likeness (QED) is 0.671. The van der Waals surface area contributed by atoms with Crippen LogP contribution in [0, 0.1) is 6.92 Å². The molecule has 124 valence electrons. The molecular weight excluding hydrogens is 302 g/mol. The van der Waals surface area contributed by atoms with Gasteiger partial charge in [-0.15, -0.1) is 0 Å². The first-order valence-electron chi connectivity index (χ1n) is 7.90. The molecule has 0 amide bonds. The standard InChI is InChI=1S/C20H21NO3/c1-14-4-6-15(7-5-14)12-21(2)13-16-10-20(22)24-19-11-17(23-3)8-9-18(16)19/h4-11H,12-13H2,1-3H3. The summed E-state index contributed by atoms with van der Waals surface area (Å²) in [7, 11) is 3.64. The van der Waals surface area contributed by atoms with Crippen molar-refractivity contribution in [1.82, 2.24) is 4.90 Å². The molecule has 4 nitrogen and oxygen atoms in total. The van der Waals surface area contributed by atoms with Crippen molar-refractivity contribution >= 4 is 11.0 Å². The summed E-state index contributed by atoms with van der Waals surface area (Å²) in [6.45, 7) is 3.57. The minimum atomic E-state index is -0.338. The second-order valence-corrected chi connectivity index (χ2v) is 6.11. The van der Waals surface area contributed by atoms with Crippen LogP contribution < -0.4 is 10.4 Å². The van der Waals surface area contributed by atoms with E-state index in [2.05, 4.69) is 36.1 Å². The van der Waals surface area contributed by atoms with Crippen LogP contribution in [-0.4, -0.2) is 19.1 Å². The van der Waals surface area contributed by atoms with Crippen LogP contribution in [0.25, 0.3) is 11.0 Å². The molecule has 0 fully saturated rings. The van der Waals surface area contributed by atoms with Crippen LogP contribution in [0.4, 0.5) is 0 Å². The van der Waals surface area contributed by atoms with E-state index in [1.54, 1.807) is 19.2 Å². The van der Waals surface area contributed by atoms with Crippen molar-refractivity contribution in [2.24, 2.45) is 0 Å². The molecule has 0 unspecified atom stereocenters. The van der Waals surface area contributed by atoms with Crippen molar-refractivity contribution < 1.29 is 9.15 Å². The monoisotopic (exact) mass is 323 g/mol. The minimum absolute atomic E-state index is 0.338. The summed E-state index contributed by atoms with van der Waals surface area (Å²) in [5.74, 6) is 0.677. The molecule has 3 aromatic rings. The Hall–Kier alpha value is -2.59. The summed E-state index contributed by atoms with van der Waals surface area (Å²) in [6.07, 6.45) is 0. The Balaban J connectivity index is 1.86. The zero-order valence-electron chi connectivity index (χ0n) is 14.2. The maximum absolute atomic E-state index is 11.9. The Morgan fingerprint density at radius 1 is 1.04 bits per heavy atom. The maximum Gasteiger partial charge on any atom is 0.336 e. The molecule has 4 heteroatoms. The van der Waals surface area contributed by atoms with Crippen LogP contribution in [0.3, 0.4) is 0 Å². The fourth-order valence-electron chi connectivity index (χ4n) is 2.82. The third-order valence-corrected chi connectivity index (χ3v) is 4.05. The summed E-state index contributed by atoms with van der Waals surface area (Å²) in [5, 5.41) is 0.936. The molecule has 24 heavy (non-hydrogen) atoms. The maximum atomic E-state index is 11.9. The Kier molecular flexibility index (Phi) is 4.67. The highest BCUT2D eigenvalue weighted by Gasteiger charge is 2.10. The van der Waals surface area contributed by atoms with E-state index in [1.165, 1.54) is 11.1 Å². The molecule has 0 saturated carbocycles. The number of ether oxygens (including phenoxy) is 1. The van der Waals surface area contributed by atoms with Gasteiger partial charge in [-0.2, -0.15) is 0 Å². The molecule has 2 aromatic carbocycles. The van der Waals surface area contributed by atoms with Gasteiger partial charge in [0.15, 0.2) is 0 Å². The SMILES string of the molecule is COc1ccc2c(CN(C)Cc3ccc(C)cc3)cc(=O)oc2c1. The van der Waals surface area contributed by atoms with E-state index in [4.69, 9.17) is 9.15 Å². The average molecular weight is 323 g/mol. The molecule has 0 aliphatic rings. The highest BCUT2D eigenvalue weighted by molar-refractivity contribution is 5.81. The van der Waals surface area contributed by atoms with Gasteiger partial charge < -0.3 is 9.15 Å². The molecule has 0 aliphatic heterocycles. The fraction of sp³-hybridized carbons (Fsp3) is 0.250. The van der Waals surface area contributed by atoms with Crippen molar-refractivity contribution in [1.29, 1.82) is 0 Å². The Bertz CT molecular complexity index is 897. The zero-order valence-corrected chi connectivity index (χ0v) is 14.2. The van der Waals surface area contributed by atoms with Crippen molar-refractivity contribution in [2.75, 3.05) is 14.2 Å². The molecule has 1 aromatic heterocycles. The molecule has 0 saturated heterocycles. The Morgan fingerprint density at radius 3 is 2.50 bits per heavy atom. The lowest BCUT2D eigenvalue weighted by Gasteiger charge is -2.18. The predicted molar refractivity (Wildman–Crippen MR) is 95.4 cm³/mol. The molecule has 0 radical (unpaired) electrons. The third-order valence-electron chi connectivity index (χ3n) is 4.05. The second kappa shape index (κ2) is 6.89. The predicted octanol–water partition coefficient (Wildman–Crippen LogP) is 3.74. The number of hydrogen-bond acceptors (Lipinski definition) is 4. The topological polar surface area (TPSA) is 42.7 Å². The van der Waals surface area contributed by atoms with Crippen molar-refractivity contribution in [2.45, 2.75) is 20.0 Å². The van der Waals surface area contributed by atoms with Gasteiger partial charge in [-0.25, -0.2) is 4.79 Å². The lowest BCUT2D eigenvalue weighted by molar-refractivity contribution is 0.319. The minimum Gasteiger partial charge on any atom is -0.497 e. The van der Waals surface area contributed by atoms with E-state index < -0.39 is 0 Å². The fourth-order valence-corrected chi connectivity index (χ4v) is 2.82. The van der Waals surface area contributed by atoms with E-state index >= 15 is 0 Å². The number of nitrogens with zero attached hydrogens (tertiary/aromatic N) is 1. The molecule has 0 atom stereocenters. The first-order chi connectivity index (χ1) is 11.5. The summed E-state index contributed by atoms with van der Waals surface area (Å²) in [5.41, 5.74) is 3.67. The van der Waals surface area contributed by atoms with Crippen LogP contribution in [-0.2, 0) is 13.1 Å². The number of hydrogen-bond donors (Lipinski definition) is 0. The molecule has 0 N–H and O–H groups in total. The van der Waals surface area contributed by atoms with Crippen molar-refractivity contribution in [3.63, 3.8) is 0 Å². The lowest BCUT2D eigenvalue weighted by atomic mass is 10.1. The van der Waals surface area contributed by atoms with Crippen LogP contribution in [0.15, 0.2) is 57.7 Å². The van der Waals surface area contributed by atoms with E-state index in [0.29, 0.717) is 17.9 Å². The molecule has 0 bridgehead atoms. The van der Waals surface area contributed by atoms with Crippen LogP contribution in [0.1, 0.15) is 16.7 Å². The van der Waals surface area contributed by atoms with E-state index in [-0.39, 0.29) is 5.63 Å². The number of fused-ring (bicyclic) bond motifs is 1. The van der Waals surface area contributed by atoms with Gasteiger partial charge in [-0.1, -0.05) is 29.8 Å². The lowest BCUT2D eigenvalue weighted by Crippen LogP contribution is -2.18. The van der Waals surface area contributed by atoms with Gasteiger partial charge in [0, 0.05) is 30.6 Å². The van der Waals surface area contributed by atoms with E-state index in [0.717, 1.165) is 17.5 Å². The number of methoxy groups -OCH3 is 1. The summed E-state index contributed by atoms with van der Waals surface area (Å²) >= 11 is 0. The van der Waals surface area contributed by atoms with Crippen molar-refractivity contribution in [3.8, 4) is 5.75 Å². The molecule has 1 heterocycles. The molecular formula is C20H21NO3. The second-order valence-electron chi connectivity index (χ2n) is 6.11. The van der Waals surface area contributed by atoms with Crippen LogP contribution >= 0.6 is 0 Å². The first-order valence-corrected chi connectivity index (χ1v) is 7.90. The van der Waals surface area contributed by atoms with E-state index in [1.807, 2.05) is 19.2 Å². The molecule has 0 aliphatic carbocycles. The molecule has 3 rings (SSSR count). The van der Waals surface area contributed by atoms with Crippen LogP contribution in [0.5, 0.6) is 5.75 Å². The van der Waals surface area contributed by atoms with Gasteiger partial charge in [-0.3, -0.25) is 4.90 Å². The van der Waals surface area contributed by atoms with Gasteiger partial charge in [0.2, 0.25) is 0 Å². The normalized spacial score (nSPS) is 11.2. The van der Waals surface area contributed by atoms with Crippen molar-refractivity contribution in [3.05, 3.63) is 75.6 Å². The summed E-state index contributed by atoms with van der Waals surface area (Å²) < 4.78 is 10.5. The van der Waals surface area contributed by atoms with E-state index in [9.17, 15) is 4.79 Å². The Labute approximate surface area is 141 Å². The smallest absolute Gasteiger partial charge is 0.336 e. The number of rotatable bonds is 5. The van der Waals surface area contributed by atoms with Gasteiger partial charge in [0.1, 0.15) is 11.3 Å². The van der Waals surface area contributed by atoms with Crippen LogP contribution in [0.2, 0.25) is 0 Å². The van der Waals surface area contributed by atoms with Gasteiger partial charge in [0.25, 0.3) is 0 Å². The van der Waals surface area contributed by atoms with Gasteiger partial charge in [0.05, 0.1) is 7.11 Å². The van der Waals surface area contributed by atoms with Gasteiger partial charge in [-0.05, 0) is 37.2 Å².